The molecule has 1 aliphatic rings. The average Bonchev–Trinajstić information content (AvgIpc) is 2.15. The molecule has 1 atom stereocenters. The second-order valence-electron chi connectivity index (χ2n) is 2.45. The van der Waals surface area contributed by atoms with Crippen LogP contribution < -0.4 is 5.32 Å². The van der Waals surface area contributed by atoms with E-state index in [1.165, 1.54) is 0 Å². The number of hydrogen-bond acceptors (Lipinski definition) is 4. The van der Waals surface area contributed by atoms with Crippen LogP contribution in [0.5, 0.6) is 0 Å². The van der Waals surface area contributed by atoms with Gasteiger partial charge in [-0.2, -0.15) is 0 Å². The van der Waals surface area contributed by atoms with Crippen LogP contribution in [0, 0.1) is 0 Å². The predicted molar refractivity (Wildman–Crippen MR) is 40.7 cm³/mol. The fourth-order valence-electron chi connectivity index (χ4n) is 0.932. The van der Waals surface area contributed by atoms with Crippen molar-refractivity contribution < 1.29 is 19.4 Å². The maximum absolute atomic E-state index is 11.1. The number of carbonyl (C=O) groups is 1. The highest BCUT2D eigenvalue weighted by Crippen LogP contribution is 1.99. The van der Waals surface area contributed by atoms with Crippen molar-refractivity contribution in [2.75, 3.05) is 33.0 Å². The van der Waals surface area contributed by atoms with Gasteiger partial charge < -0.3 is 19.9 Å². The molecule has 0 saturated carbocycles. The van der Waals surface area contributed by atoms with Crippen LogP contribution in [0.15, 0.2) is 0 Å². The Labute approximate surface area is 70.7 Å². The molecule has 12 heavy (non-hydrogen) atoms. The van der Waals surface area contributed by atoms with Gasteiger partial charge in [-0.15, -0.1) is 0 Å². The van der Waals surface area contributed by atoms with Gasteiger partial charge in [0.2, 0.25) is 0 Å². The maximum atomic E-state index is 11.1. The Morgan fingerprint density at radius 2 is 2.42 bits per heavy atom. The van der Waals surface area contributed by atoms with E-state index in [0.717, 1.165) is 0 Å². The van der Waals surface area contributed by atoms with Crippen LogP contribution in [0.1, 0.15) is 0 Å². The Balaban J connectivity index is 2.20. The number of hydrogen-bond donors (Lipinski definition) is 2. The summed E-state index contributed by atoms with van der Waals surface area (Å²) in [6.07, 6.45) is -0.509. The summed E-state index contributed by atoms with van der Waals surface area (Å²) < 4.78 is 10.2. The lowest BCUT2D eigenvalue weighted by atomic mass is 10.3. The van der Waals surface area contributed by atoms with Gasteiger partial charge in [0, 0.05) is 6.54 Å². The number of amides is 1. The van der Waals surface area contributed by atoms with E-state index in [1.807, 2.05) is 0 Å². The first-order valence-corrected chi connectivity index (χ1v) is 3.92. The van der Waals surface area contributed by atoms with Gasteiger partial charge in [-0.05, 0) is 0 Å². The number of rotatable bonds is 3. The standard InChI is InChI=1S/C7H13NO4/c9-2-1-8-7(10)6-5-11-3-4-12-6/h6,9H,1-5H2,(H,8,10). The molecule has 1 rings (SSSR count). The maximum Gasteiger partial charge on any atom is 0.251 e. The molecule has 2 N–H and O–H groups in total. The lowest BCUT2D eigenvalue weighted by Gasteiger charge is -2.21. The summed E-state index contributed by atoms with van der Waals surface area (Å²) in [7, 11) is 0. The minimum Gasteiger partial charge on any atom is -0.395 e. The number of nitrogens with one attached hydrogen (secondary N) is 1. The minimum absolute atomic E-state index is 0.0562. The first kappa shape index (κ1) is 9.44. The minimum atomic E-state index is -0.509. The smallest absolute Gasteiger partial charge is 0.251 e. The zero-order chi connectivity index (χ0) is 8.81. The summed E-state index contributed by atoms with van der Waals surface area (Å²) in [6.45, 7) is 1.51. The third-order valence-electron chi connectivity index (χ3n) is 1.52. The third-order valence-corrected chi connectivity index (χ3v) is 1.52. The zero-order valence-electron chi connectivity index (χ0n) is 6.78. The zero-order valence-corrected chi connectivity index (χ0v) is 6.78. The SMILES string of the molecule is O=C(NCCO)C1COCCO1. The number of ether oxygens (including phenoxy) is 2. The Kier molecular flexibility index (Phi) is 3.99. The van der Waals surface area contributed by atoms with Gasteiger partial charge >= 0.3 is 0 Å². The molecule has 1 saturated heterocycles. The lowest BCUT2D eigenvalue weighted by molar-refractivity contribution is -0.147. The highest BCUT2D eigenvalue weighted by atomic mass is 16.6. The van der Waals surface area contributed by atoms with Gasteiger partial charge in [0.05, 0.1) is 26.4 Å². The van der Waals surface area contributed by atoms with Gasteiger partial charge in [-0.25, -0.2) is 0 Å². The van der Waals surface area contributed by atoms with E-state index in [2.05, 4.69) is 5.32 Å². The molecular weight excluding hydrogens is 162 g/mol. The molecule has 0 aliphatic carbocycles. The molecule has 1 unspecified atom stereocenters. The highest BCUT2D eigenvalue weighted by Gasteiger charge is 2.21. The average molecular weight is 175 g/mol. The first-order valence-electron chi connectivity index (χ1n) is 3.92. The molecule has 5 nitrogen and oxygen atoms in total. The van der Waals surface area contributed by atoms with Crippen molar-refractivity contribution in [3.05, 3.63) is 0 Å². The summed E-state index contributed by atoms with van der Waals surface area (Å²) in [4.78, 5) is 11.1. The quantitative estimate of drug-likeness (QED) is 0.548. The van der Waals surface area contributed by atoms with E-state index in [-0.39, 0.29) is 19.1 Å². The topological polar surface area (TPSA) is 67.8 Å². The molecule has 1 fully saturated rings. The molecule has 0 bridgehead atoms. The van der Waals surface area contributed by atoms with Crippen LogP contribution >= 0.6 is 0 Å². The van der Waals surface area contributed by atoms with Gasteiger partial charge in [0.15, 0.2) is 6.10 Å². The van der Waals surface area contributed by atoms with Crippen molar-refractivity contribution in [1.29, 1.82) is 0 Å². The third kappa shape index (κ3) is 2.77. The van der Waals surface area contributed by atoms with E-state index in [1.54, 1.807) is 0 Å². The molecule has 0 spiro atoms. The Bertz CT molecular complexity index is 144. The highest BCUT2D eigenvalue weighted by molar-refractivity contribution is 5.80. The van der Waals surface area contributed by atoms with Gasteiger partial charge in [0.1, 0.15) is 0 Å². The predicted octanol–water partition coefficient (Wildman–Crippen LogP) is -1.49. The molecular formula is C7H13NO4. The van der Waals surface area contributed by atoms with E-state index in [4.69, 9.17) is 14.6 Å². The van der Waals surface area contributed by atoms with E-state index < -0.39 is 6.10 Å². The van der Waals surface area contributed by atoms with Crippen molar-refractivity contribution in [2.45, 2.75) is 6.10 Å². The molecule has 70 valence electrons. The second-order valence-corrected chi connectivity index (χ2v) is 2.45. The van der Waals surface area contributed by atoms with Gasteiger partial charge in [0.25, 0.3) is 5.91 Å². The van der Waals surface area contributed by atoms with Crippen molar-refractivity contribution >= 4 is 5.91 Å². The molecule has 1 amide bonds. The summed E-state index contributed by atoms with van der Waals surface area (Å²) >= 11 is 0. The van der Waals surface area contributed by atoms with Gasteiger partial charge in [-0.3, -0.25) is 4.79 Å². The summed E-state index contributed by atoms with van der Waals surface area (Å²) in [5.74, 6) is -0.219. The number of carbonyl (C=O) groups excluding carboxylic acids is 1. The fraction of sp³-hybridized carbons (Fsp3) is 0.857. The molecule has 5 heteroatoms. The normalized spacial score (nSPS) is 23.6. The van der Waals surface area contributed by atoms with E-state index >= 15 is 0 Å². The number of aliphatic hydroxyl groups is 1. The second kappa shape index (κ2) is 5.08. The van der Waals surface area contributed by atoms with Crippen LogP contribution in [-0.4, -0.2) is 50.1 Å². The van der Waals surface area contributed by atoms with Crippen LogP contribution in [0.3, 0.4) is 0 Å². The summed E-state index contributed by atoms with van der Waals surface area (Å²) in [5.41, 5.74) is 0. The Morgan fingerprint density at radius 3 is 3.00 bits per heavy atom. The molecule has 0 aromatic rings. The molecule has 0 aromatic carbocycles. The summed E-state index contributed by atoms with van der Waals surface area (Å²) in [6, 6.07) is 0. The monoisotopic (exact) mass is 175 g/mol. The Hall–Kier alpha value is -0.650. The van der Waals surface area contributed by atoms with Crippen molar-refractivity contribution in [3.8, 4) is 0 Å². The van der Waals surface area contributed by atoms with Crippen molar-refractivity contribution in [1.82, 2.24) is 5.32 Å². The van der Waals surface area contributed by atoms with Crippen molar-refractivity contribution in [3.63, 3.8) is 0 Å². The first-order chi connectivity index (χ1) is 5.84. The van der Waals surface area contributed by atoms with Crippen LogP contribution in [-0.2, 0) is 14.3 Å². The summed E-state index contributed by atoms with van der Waals surface area (Å²) in [5, 5.41) is 10.9. The largest absolute Gasteiger partial charge is 0.395 e. The van der Waals surface area contributed by atoms with Crippen LogP contribution in [0.2, 0.25) is 0 Å². The molecule has 1 aliphatic heterocycles. The van der Waals surface area contributed by atoms with E-state index in [9.17, 15) is 4.79 Å². The number of aliphatic hydroxyl groups excluding tert-OH is 1. The Morgan fingerprint density at radius 1 is 1.58 bits per heavy atom. The molecule has 0 aromatic heterocycles. The lowest BCUT2D eigenvalue weighted by Crippen LogP contribution is -2.43. The van der Waals surface area contributed by atoms with Crippen LogP contribution in [0.4, 0.5) is 0 Å². The fourth-order valence-corrected chi connectivity index (χ4v) is 0.932. The van der Waals surface area contributed by atoms with Gasteiger partial charge in [-0.1, -0.05) is 0 Å². The molecule has 0 radical (unpaired) electrons. The van der Waals surface area contributed by atoms with E-state index in [0.29, 0.717) is 19.8 Å². The van der Waals surface area contributed by atoms with Crippen LogP contribution in [0.25, 0.3) is 0 Å². The molecule has 1 heterocycles. The van der Waals surface area contributed by atoms with Crippen molar-refractivity contribution in [2.24, 2.45) is 0 Å².